The van der Waals surface area contributed by atoms with E-state index in [0.29, 0.717) is 5.69 Å². The highest BCUT2D eigenvalue weighted by atomic mass is 32.2. The summed E-state index contributed by atoms with van der Waals surface area (Å²) < 4.78 is 29.4. The second-order valence-electron chi connectivity index (χ2n) is 5.37. The van der Waals surface area contributed by atoms with Crippen molar-refractivity contribution in [1.29, 1.82) is 0 Å². The van der Waals surface area contributed by atoms with Crippen molar-refractivity contribution in [2.24, 2.45) is 4.99 Å². The van der Waals surface area contributed by atoms with E-state index in [4.69, 9.17) is 4.18 Å². The van der Waals surface area contributed by atoms with Crippen LogP contribution in [0.25, 0.3) is 0 Å². The van der Waals surface area contributed by atoms with E-state index in [-0.39, 0.29) is 22.1 Å². The van der Waals surface area contributed by atoms with Gasteiger partial charge in [0.1, 0.15) is 22.1 Å². The zero-order valence-electron chi connectivity index (χ0n) is 13.5. The van der Waals surface area contributed by atoms with Gasteiger partial charge in [-0.25, -0.2) is 0 Å². The molecule has 0 saturated carbocycles. The Kier molecular flexibility index (Phi) is 4.90. The Morgan fingerprint density at radius 3 is 1.88 bits per heavy atom. The smallest absolute Gasteiger partial charge is 0.339 e. The van der Waals surface area contributed by atoms with E-state index in [1.807, 2.05) is 0 Å². The van der Waals surface area contributed by atoms with Crippen LogP contribution in [0.4, 0.5) is 5.69 Å². The van der Waals surface area contributed by atoms with Crippen molar-refractivity contribution >= 4 is 22.0 Å². The van der Waals surface area contributed by atoms with E-state index in [0.717, 1.165) is 5.56 Å². The molecule has 0 fully saturated rings. The molecule has 0 aliphatic rings. The second kappa shape index (κ2) is 7.28. The molecule has 0 spiro atoms. The number of rotatable bonds is 5. The lowest BCUT2D eigenvalue weighted by Crippen LogP contribution is -2.09. The zero-order valence-corrected chi connectivity index (χ0v) is 14.3. The third kappa shape index (κ3) is 4.40. The minimum Gasteiger partial charge on any atom is -0.508 e. The van der Waals surface area contributed by atoms with Crippen LogP contribution in [0.5, 0.6) is 17.2 Å². The summed E-state index contributed by atoms with van der Waals surface area (Å²) in [4.78, 5) is 4.21. The Morgan fingerprint density at radius 1 is 0.769 bits per heavy atom. The molecule has 0 unspecified atom stereocenters. The second-order valence-corrected chi connectivity index (χ2v) is 6.92. The summed E-state index contributed by atoms with van der Waals surface area (Å²) in [6, 6.07) is 17.9. The average Bonchev–Trinajstić information content (AvgIpc) is 2.62. The summed E-state index contributed by atoms with van der Waals surface area (Å²) in [5.41, 5.74) is 1.44. The lowest BCUT2D eigenvalue weighted by atomic mass is 10.2. The molecular weight excluding hydrogens is 354 g/mol. The maximum absolute atomic E-state index is 12.2. The van der Waals surface area contributed by atoms with Crippen LogP contribution in [0.1, 0.15) is 5.56 Å². The van der Waals surface area contributed by atoms with Crippen molar-refractivity contribution in [3.8, 4) is 17.2 Å². The van der Waals surface area contributed by atoms with Crippen molar-refractivity contribution < 1.29 is 22.8 Å². The number of phenolic OH excluding ortho intramolecular Hbond substituents is 2. The number of phenols is 2. The normalized spacial score (nSPS) is 11.5. The van der Waals surface area contributed by atoms with E-state index >= 15 is 0 Å². The molecule has 7 heteroatoms. The fourth-order valence-electron chi connectivity index (χ4n) is 2.08. The van der Waals surface area contributed by atoms with E-state index in [2.05, 4.69) is 4.99 Å². The number of aliphatic imine (C=N–C) groups is 1. The highest BCUT2D eigenvalue weighted by Gasteiger charge is 2.16. The molecule has 0 heterocycles. The van der Waals surface area contributed by atoms with Gasteiger partial charge in [0.25, 0.3) is 0 Å². The highest BCUT2D eigenvalue weighted by molar-refractivity contribution is 7.87. The summed E-state index contributed by atoms with van der Waals surface area (Å²) in [6.45, 7) is 0. The molecule has 132 valence electrons. The molecule has 3 aromatic carbocycles. The molecule has 0 aliphatic heterocycles. The molecule has 0 amide bonds. The molecule has 2 N–H and O–H groups in total. The molecule has 26 heavy (non-hydrogen) atoms. The van der Waals surface area contributed by atoms with Gasteiger partial charge in [0.15, 0.2) is 0 Å². The van der Waals surface area contributed by atoms with Crippen LogP contribution in [0.15, 0.2) is 82.7 Å². The van der Waals surface area contributed by atoms with Crippen molar-refractivity contribution in [1.82, 2.24) is 0 Å². The van der Waals surface area contributed by atoms with Crippen LogP contribution >= 0.6 is 0 Å². The predicted molar refractivity (Wildman–Crippen MR) is 97.7 cm³/mol. The fraction of sp³-hybridized carbons (Fsp3) is 0. The van der Waals surface area contributed by atoms with E-state index < -0.39 is 10.1 Å². The molecule has 0 radical (unpaired) electrons. The van der Waals surface area contributed by atoms with Gasteiger partial charge in [-0.1, -0.05) is 0 Å². The average molecular weight is 369 g/mol. The minimum atomic E-state index is -3.97. The van der Waals surface area contributed by atoms with Gasteiger partial charge in [-0.05, 0) is 78.4 Å². The van der Waals surface area contributed by atoms with Gasteiger partial charge < -0.3 is 14.4 Å². The lowest BCUT2D eigenvalue weighted by molar-refractivity contribution is 0.473. The first-order chi connectivity index (χ1) is 12.4. The third-order valence-corrected chi connectivity index (χ3v) is 4.69. The first-order valence-corrected chi connectivity index (χ1v) is 9.00. The highest BCUT2D eigenvalue weighted by Crippen LogP contribution is 2.21. The zero-order chi connectivity index (χ0) is 18.6. The Hall–Kier alpha value is -3.32. The first-order valence-electron chi connectivity index (χ1n) is 7.59. The molecule has 0 aromatic heterocycles. The van der Waals surface area contributed by atoms with Crippen LogP contribution in [0.3, 0.4) is 0 Å². The molecule has 3 rings (SSSR count). The van der Waals surface area contributed by atoms with E-state index in [1.165, 1.54) is 48.5 Å². The number of nitrogens with zero attached hydrogens (tertiary/aromatic N) is 1. The van der Waals surface area contributed by atoms with Crippen molar-refractivity contribution in [3.05, 3.63) is 78.4 Å². The summed E-state index contributed by atoms with van der Waals surface area (Å²) in [6.07, 6.45) is 1.62. The fourth-order valence-corrected chi connectivity index (χ4v) is 3.01. The van der Waals surface area contributed by atoms with Crippen LogP contribution in [0, 0.1) is 0 Å². The van der Waals surface area contributed by atoms with Crippen LogP contribution in [-0.2, 0) is 10.1 Å². The van der Waals surface area contributed by atoms with Crippen LogP contribution in [-0.4, -0.2) is 24.8 Å². The standard InChI is InChI=1S/C19H15NO5S/c21-16-5-3-15(4-6-16)20-13-14-1-9-18(10-2-14)25-26(23,24)19-11-7-17(22)8-12-19/h1-13,21-22H. The maximum Gasteiger partial charge on any atom is 0.339 e. The molecule has 0 bridgehead atoms. The predicted octanol–water partition coefficient (Wildman–Crippen LogP) is 3.62. The van der Waals surface area contributed by atoms with Crippen molar-refractivity contribution in [2.75, 3.05) is 0 Å². The molecule has 3 aromatic rings. The summed E-state index contributed by atoms with van der Waals surface area (Å²) in [5.74, 6) is 0.307. The van der Waals surface area contributed by atoms with Crippen LogP contribution < -0.4 is 4.18 Å². The number of hydrogen-bond donors (Lipinski definition) is 2. The van der Waals surface area contributed by atoms with Gasteiger partial charge >= 0.3 is 10.1 Å². The number of aromatic hydroxyl groups is 2. The topological polar surface area (TPSA) is 96.2 Å². The first kappa shape index (κ1) is 17.5. The van der Waals surface area contributed by atoms with E-state index in [1.54, 1.807) is 30.5 Å². The molecule has 0 atom stereocenters. The van der Waals surface area contributed by atoms with E-state index in [9.17, 15) is 18.6 Å². The third-order valence-electron chi connectivity index (χ3n) is 3.42. The van der Waals surface area contributed by atoms with Crippen molar-refractivity contribution in [2.45, 2.75) is 4.90 Å². The minimum absolute atomic E-state index is 0.0266. The Bertz CT molecular complexity index is 1010. The molecular formula is C19H15NO5S. The SMILES string of the molecule is O=S(=O)(Oc1ccc(C=Nc2ccc(O)cc2)cc1)c1ccc(O)cc1. The summed E-state index contributed by atoms with van der Waals surface area (Å²) >= 11 is 0. The number of hydrogen-bond acceptors (Lipinski definition) is 6. The number of benzene rings is 3. The molecule has 0 saturated heterocycles. The van der Waals surface area contributed by atoms with Gasteiger partial charge in [0, 0.05) is 6.21 Å². The van der Waals surface area contributed by atoms with Gasteiger partial charge in [-0.15, -0.1) is 0 Å². The Morgan fingerprint density at radius 2 is 1.31 bits per heavy atom. The van der Waals surface area contributed by atoms with Gasteiger partial charge in [0.2, 0.25) is 0 Å². The Balaban J connectivity index is 1.71. The molecule has 0 aliphatic carbocycles. The summed E-state index contributed by atoms with van der Waals surface area (Å²) in [5, 5.41) is 18.5. The van der Waals surface area contributed by atoms with Gasteiger partial charge in [-0.3, -0.25) is 4.99 Å². The monoisotopic (exact) mass is 369 g/mol. The largest absolute Gasteiger partial charge is 0.508 e. The Labute approximate surface area is 150 Å². The van der Waals surface area contributed by atoms with Crippen LogP contribution in [0.2, 0.25) is 0 Å². The van der Waals surface area contributed by atoms with Gasteiger partial charge in [0.05, 0.1) is 5.69 Å². The molecule has 6 nitrogen and oxygen atoms in total. The van der Waals surface area contributed by atoms with Gasteiger partial charge in [-0.2, -0.15) is 8.42 Å². The lowest BCUT2D eigenvalue weighted by Gasteiger charge is -2.07. The quantitative estimate of drug-likeness (QED) is 0.529. The van der Waals surface area contributed by atoms with Crippen molar-refractivity contribution in [3.63, 3.8) is 0 Å². The maximum atomic E-state index is 12.2. The summed E-state index contributed by atoms with van der Waals surface area (Å²) in [7, 11) is -3.97.